The summed E-state index contributed by atoms with van der Waals surface area (Å²) in [4.78, 5) is 82.8. The normalized spacial score (nSPS) is 13.3. The van der Waals surface area contributed by atoms with E-state index >= 15 is 0 Å². The van der Waals surface area contributed by atoms with Crippen molar-refractivity contribution in [1.29, 1.82) is 0 Å². The predicted molar refractivity (Wildman–Crippen MR) is 569 cm³/mol. The van der Waals surface area contributed by atoms with Crippen molar-refractivity contribution >= 4 is 117 Å². The topological polar surface area (TPSA) is 375 Å². The molecular formula is C108H123B2Br2ClF4N12NaO18. The molecule has 0 spiro atoms. The molecule has 4 aliphatic heterocycles. The summed E-state index contributed by atoms with van der Waals surface area (Å²) >= 11 is 8.23. The molecule has 4 aromatic heterocycles. The Bertz CT molecular complexity index is 6390. The van der Waals surface area contributed by atoms with Crippen LogP contribution in [0.4, 0.5) is 58.0 Å². The van der Waals surface area contributed by atoms with Crippen LogP contribution in [0.3, 0.4) is 0 Å². The number of pyridine rings is 2. The second kappa shape index (κ2) is 63.7. The van der Waals surface area contributed by atoms with Crippen molar-refractivity contribution in [3.8, 4) is 11.1 Å². The molecule has 779 valence electrons. The number of nitrogens with zero attached hydrogens (tertiary/aromatic N) is 11. The molecule has 0 aliphatic carbocycles. The third-order valence-corrected chi connectivity index (χ3v) is 24.4. The number of nitro groups is 4. The number of oxazole rings is 2. The summed E-state index contributed by atoms with van der Waals surface area (Å²) in [6, 6.07) is 66.1. The van der Waals surface area contributed by atoms with Crippen molar-refractivity contribution in [1.82, 2.24) is 19.9 Å². The number of rotatable bonds is 21. The quantitative estimate of drug-likeness (QED) is 0.0114. The number of aliphatic hydroxyl groups excluding tert-OH is 2. The number of aryl methyl sites for hydroxylation is 2. The molecule has 0 saturated carbocycles. The van der Waals surface area contributed by atoms with Gasteiger partial charge in [0.1, 0.15) is 46.9 Å². The Hall–Kier alpha value is -12.9. The number of carbonyl (C=O) groups is 2. The van der Waals surface area contributed by atoms with Crippen molar-refractivity contribution in [2.45, 2.75) is 134 Å². The maximum absolute atomic E-state index is 13.8. The van der Waals surface area contributed by atoms with Crippen molar-refractivity contribution in [3.63, 3.8) is 0 Å². The number of halogens is 7. The van der Waals surface area contributed by atoms with Gasteiger partial charge >= 0.3 is 36.7 Å². The van der Waals surface area contributed by atoms with Crippen LogP contribution < -0.4 is 71.7 Å². The molecule has 13 aromatic rings. The summed E-state index contributed by atoms with van der Waals surface area (Å²) in [7, 11) is 3.48. The smallest absolute Gasteiger partial charge is 1.00 e. The Morgan fingerprint density at radius 2 is 0.919 bits per heavy atom. The summed E-state index contributed by atoms with van der Waals surface area (Å²) in [5.41, 5.74) is 17.2. The van der Waals surface area contributed by atoms with Crippen molar-refractivity contribution in [2.75, 3.05) is 82.3 Å². The van der Waals surface area contributed by atoms with Crippen LogP contribution >= 0.6 is 27.5 Å². The molecule has 1 saturated heterocycles. The van der Waals surface area contributed by atoms with E-state index in [-0.39, 0.29) is 123 Å². The van der Waals surface area contributed by atoms with Gasteiger partial charge in [-0.25, -0.2) is 32.1 Å². The van der Waals surface area contributed by atoms with E-state index in [1.807, 2.05) is 96.1 Å². The van der Waals surface area contributed by atoms with Gasteiger partial charge in [-0.15, -0.1) is 0 Å². The monoisotopic (exact) mass is 2190 g/mol. The fraction of sp³-hybridized carbons (Fsp3) is 0.278. The van der Waals surface area contributed by atoms with Gasteiger partial charge in [-0.2, -0.15) is 0 Å². The van der Waals surface area contributed by atoms with Gasteiger partial charge in [-0.3, -0.25) is 59.9 Å². The van der Waals surface area contributed by atoms with Gasteiger partial charge < -0.3 is 71.4 Å². The predicted octanol–water partition coefficient (Wildman–Crippen LogP) is 17.6. The minimum absolute atomic E-state index is 0. The molecule has 9 aromatic carbocycles. The summed E-state index contributed by atoms with van der Waals surface area (Å²) in [6.45, 7) is 25.0. The summed E-state index contributed by atoms with van der Waals surface area (Å²) in [5.74, 6) is -4.49. The molecular weight excluding hydrogens is 2070 g/mol. The van der Waals surface area contributed by atoms with Crippen LogP contribution in [0.2, 0.25) is 0 Å². The second-order valence-corrected chi connectivity index (χ2v) is 34.6. The number of aliphatic hydroxyl groups is 2. The van der Waals surface area contributed by atoms with Crippen LogP contribution in [0, 0.1) is 77.6 Å². The largest absolute Gasteiger partial charge is 1.00 e. The van der Waals surface area contributed by atoms with Gasteiger partial charge in [0.05, 0.1) is 49.9 Å². The average molecular weight is 2190 g/mol. The molecule has 30 nitrogen and oxygen atoms in total. The van der Waals surface area contributed by atoms with Crippen molar-refractivity contribution in [2.24, 2.45) is 0 Å². The number of methoxy groups -OCH3 is 2. The summed E-state index contributed by atoms with van der Waals surface area (Å²) in [6.07, 6.45) is 16.5. The first-order valence-electron chi connectivity index (χ1n) is 44.6. The molecule has 3 N–H and O–H groups in total. The molecule has 0 unspecified atom stereocenters. The Balaban J connectivity index is 0.000000587. The zero-order chi connectivity index (χ0) is 103. The van der Waals surface area contributed by atoms with Gasteiger partial charge in [-0.05, 0) is 249 Å². The number of hydrogen-bond donors (Lipinski definition) is 3. The molecule has 1 amide bonds. The molecule has 17 rings (SSSR count). The number of benzene rings is 9. The van der Waals surface area contributed by atoms with Gasteiger partial charge in [-0.1, -0.05) is 136 Å². The number of amides is 1. The third kappa shape index (κ3) is 38.0. The van der Waals surface area contributed by atoms with Crippen molar-refractivity contribution < 1.29 is 137 Å². The number of hydrogen-bond acceptors (Lipinski definition) is 24. The van der Waals surface area contributed by atoms with E-state index in [0.29, 0.717) is 30.8 Å². The number of ether oxygens (including phenoxy) is 2. The fourth-order valence-corrected chi connectivity index (χ4v) is 15.0. The van der Waals surface area contributed by atoms with Crippen LogP contribution in [0.15, 0.2) is 310 Å². The maximum Gasteiger partial charge on any atom is 1.00 e. The number of carbonyl (C=O) groups excluding carboxylic acids is 2. The summed E-state index contributed by atoms with van der Waals surface area (Å²) < 4.78 is 87.5. The van der Waals surface area contributed by atoms with E-state index in [4.69, 9.17) is 40.0 Å². The minimum Gasteiger partial charge on any atom is -1.00 e. The number of aromatic nitrogens is 4. The van der Waals surface area contributed by atoms with Gasteiger partial charge in [0.25, 0.3) is 45.9 Å². The van der Waals surface area contributed by atoms with Gasteiger partial charge in [0.15, 0.2) is 25.2 Å². The Morgan fingerprint density at radius 3 is 1.28 bits per heavy atom. The second-order valence-electron chi connectivity index (χ2n) is 33.5. The van der Waals surface area contributed by atoms with Crippen LogP contribution in [0.25, 0.3) is 27.8 Å². The number of non-ortho nitro benzene ring substituents is 4. The number of anilines is 3. The molecule has 0 atom stereocenters. The molecule has 3 radical (unpaired) electrons. The average Bonchev–Trinajstić information content (AvgIpc) is 1.62. The standard InChI is InChI=1S/C22H19F2N3O2.C19H20N2O2.C19H17N2O2.C15H15N3O3.C12H16BNO4.C7H3ClF2O.C6H6BrN.C4H10O3.CH4O.3CH4.B.BrH.Na.H/c1-14-9-11-27(22-25-10-12-29-22)13-17(14)15-5-7-16(8-6-15)26-21(28)20-18(23)3-2-4-19(20)24;2*1-15-11-12-20(13-16-5-3-2-4-6-16)14-19(15)17-7-9-18(10-8-17)21(22)23;1-11-6-8-17(15-16-7-9-21-15)10-14(11)12-2-4-13(5-3-12)18(19)20;1-11(2)12(3,4)18-13(17-11)9-5-7-10(8-6-9)14(15)16;8-7(11)6-4(9)2-1-3-5(6)10;1-5-2-3-8-4-6(5)7;1-6-4(3-5)7-2;1-2;;;;;;;/h2-8,10,12H,9,11,13H2,1H3,(H,26,28);2-10H,11-14H2,1H3;2-12,14H,13H2,1H3;2-5,7,9H,6,8,10H2,1H3;5-8H,1-4H3;1-3H;2-4H,1H3;4-5H,3H2,1-2H3;2H,1H3;3*1H4;;1H;;/q;;+1;;;;;;;;;;;;+1;-1/p-1. The Morgan fingerprint density at radius 1 is 0.534 bits per heavy atom. The van der Waals surface area contributed by atoms with Crippen LogP contribution in [-0.4, -0.2) is 161 Å². The Kier molecular flexibility index (Phi) is 55.6. The zero-order valence-electron chi connectivity index (χ0n) is 83.3. The van der Waals surface area contributed by atoms with Crippen LogP contribution in [-0.2, 0) is 31.9 Å². The summed E-state index contributed by atoms with van der Waals surface area (Å²) in [5, 5.41) is 59.6. The molecule has 1 fully saturated rings. The van der Waals surface area contributed by atoms with E-state index in [1.165, 1.54) is 77.0 Å². The molecule has 8 heterocycles. The van der Waals surface area contributed by atoms with Crippen LogP contribution in [0.5, 0.6) is 0 Å². The number of nitro benzene ring substituents is 4. The maximum atomic E-state index is 13.8. The van der Waals surface area contributed by atoms with E-state index in [0.717, 1.165) is 145 Å². The van der Waals surface area contributed by atoms with E-state index in [2.05, 4.69) is 141 Å². The SMILES string of the molecule is C.C.C.CC1(C)OB(c2ccc([N+](=O)[O-])cc2)OC1(C)C.CC1=C(c2ccc(NC(=O)c3c(F)cccc3F)cc2)CN(c2ncco2)CC1.CC1=C(c2ccc([N+](=O)[O-])cc2)CN(Cc2ccccc2)CC1.CC1=C(c2ccc([N+](=O)[O-])cc2)CN(c2ncco2)CC1.CO.COC(CO)OC.Cc1cc[n+](Cc2ccccc2)cc1-c1ccc([N+](=O)[O-])cc1.Cc1ccncc1Br.O=C(Cl)c1c(F)cccc1F.[B].[Br-].[H-].[Na+]. The van der Waals surface area contributed by atoms with Gasteiger partial charge in [0, 0.05) is 164 Å². The first kappa shape index (κ1) is 129. The zero-order valence-corrected chi connectivity index (χ0v) is 88.2. The van der Waals surface area contributed by atoms with Crippen molar-refractivity contribution in [3.05, 3.63) is 415 Å². The van der Waals surface area contributed by atoms with E-state index in [1.54, 1.807) is 122 Å². The first-order valence-corrected chi connectivity index (χ1v) is 45.8. The molecule has 0 bridgehead atoms. The fourth-order valence-electron chi connectivity index (χ4n) is 14.6. The number of nitrogens with one attached hydrogen (secondary N) is 1. The minimum atomic E-state index is -1.12. The first-order chi connectivity index (χ1) is 67.9. The molecule has 148 heavy (non-hydrogen) atoms. The molecule has 40 heteroatoms. The third-order valence-electron chi connectivity index (χ3n) is 23.4. The van der Waals surface area contributed by atoms with E-state index in [9.17, 15) is 67.6 Å². The van der Waals surface area contributed by atoms with Gasteiger partial charge in [0.2, 0.25) is 0 Å². The Labute approximate surface area is 910 Å². The van der Waals surface area contributed by atoms with Crippen LogP contribution in [0.1, 0.15) is 151 Å². The van der Waals surface area contributed by atoms with E-state index < -0.39 is 75.1 Å². The molecule has 4 aliphatic rings.